The lowest BCUT2D eigenvalue weighted by atomic mass is 10.2. The summed E-state index contributed by atoms with van der Waals surface area (Å²) in [5.41, 5.74) is 0. The number of nitrogens with zero attached hydrogens (tertiary/aromatic N) is 1. The smallest absolute Gasteiger partial charge is 0.310 e. The van der Waals surface area contributed by atoms with E-state index >= 15 is 0 Å². The quantitative estimate of drug-likeness (QED) is 0.459. The molecule has 124 valence electrons. The van der Waals surface area contributed by atoms with Crippen molar-refractivity contribution in [2.75, 3.05) is 20.2 Å². The van der Waals surface area contributed by atoms with E-state index in [1.807, 2.05) is 25.2 Å². The number of aliphatic imine (C=N–C) groups is 1. The molecule has 0 aliphatic rings. The van der Waals surface area contributed by atoms with Gasteiger partial charge in [0.15, 0.2) is 5.96 Å². The van der Waals surface area contributed by atoms with Gasteiger partial charge in [0.05, 0.1) is 19.6 Å². The molecule has 0 aliphatic carbocycles. The second-order valence-electron chi connectivity index (χ2n) is 5.41. The van der Waals surface area contributed by atoms with Gasteiger partial charge in [0, 0.05) is 28.8 Å². The lowest BCUT2D eigenvalue weighted by Crippen LogP contribution is -2.43. The van der Waals surface area contributed by atoms with E-state index < -0.39 is 0 Å². The first kappa shape index (κ1) is 18.5. The van der Waals surface area contributed by atoms with Gasteiger partial charge in [-0.1, -0.05) is 6.92 Å². The Bertz CT molecular complexity index is 499. The number of carbonyl (C=O) groups excluding carboxylic acids is 1. The van der Waals surface area contributed by atoms with Gasteiger partial charge in [-0.25, -0.2) is 0 Å². The van der Waals surface area contributed by atoms with Gasteiger partial charge in [-0.3, -0.25) is 9.79 Å². The fourth-order valence-electron chi connectivity index (χ4n) is 2.00. The molecule has 2 N–H and O–H groups in total. The summed E-state index contributed by atoms with van der Waals surface area (Å²) >= 11 is 1.82. The number of carbonyl (C=O) groups is 1. The minimum atomic E-state index is -0.240. The van der Waals surface area contributed by atoms with Crippen LogP contribution < -0.4 is 10.6 Å². The van der Waals surface area contributed by atoms with Crippen molar-refractivity contribution in [3.63, 3.8) is 0 Å². The highest BCUT2D eigenvalue weighted by atomic mass is 32.1. The fourth-order valence-corrected chi connectivity index (χ4v) is 3.02. The maximum absolute atomic E-state index is 11.4. The van der Waals surface area contributed by atoms with Crippen LogP contribution in [0.3, 0.4) is 0 Å². The average molecular weight is 325 g/mol. The number of hydrogen-bond donors (Lipinski definition) is 2. The van der Waals surface area contributed by atoms with Crippen LogP contribution in [0.15, 0.2) is 17.1 Å². The molecule has 22 heavy (non-hydrogen) atoms. The summed E-state index contributed by atoms with van der Waals surface area (Å²) < 4.78 is 4.72. The number of guanidine groups is 1. The van der Waals surface area contributed by atoms with Crippen molar-refractivity contribution >= 4 is 23.3 Å². The molecule has 1 heterocycles. The molecule has 0 saturated carbocycles. The van der Waals surface area contributed by atoms with E-state index in [0.717, 1.165) is 18.9 Å². The predicted molar refractivity (Wildman–Crippen MR) is 92.5 cm³/mol. The Hall–Kier alpha value is -1.56. The van der Waals surface area contributed by atoms with Crippen LogP contribution in [0.25, 0.3) is 0 Å². The van der Waals surface area contributed by atoms with Crippen LogP contribution in [0.4, 0.5) is 0 Å². The van der Waals surface area contributed by atoms with Gasteiger partial charge >= 0.3 is 5.97 Å². The Kier molecular flexibility index (Phi) is 7.95. The summed E-state index contributed by atoms with van der Waals surface area (Å²) in [7, 11) is 1.40. The van der Waals surface area contributed by atoms with Gasteiger partial charge in [-0.05, 0) is 32.9 Å². The number of rotatable bonds is 7. The normalized spacial score (nSPS) is 14.3. The monoisotopic (exact) mass is 325 g/mol. The average Bonchev–Trinajstić information content (AvgIpc) is 2.88. The van der Waals surface area contributed by atoms with Gasteiger partial charge in [0.2, 0.25) is 0 Å². The van der Waals surface area contributed by atoms with Crippen molar-refractivity contribution < 1.29 is 9.53 Å². The number of thiophene rings is 1. The Balaban J connectivity index is 2.56. The molecule has 0 saturated heterocycles. The first-order valence-electron chi connectivity index (χ1n) is 7.64. The van der Waals surface area contributed by atoms with E-state index in [-0.39, 0.29) is 17.9 Å². The molecule has 2 unspecified atom stereocenters. The lowest BCUT2D eigenvalue weighted by Gasteiger charge is -2.18. The maximum Gasteiger partial charge on any atom is 0.310 e. The van der Waals surface area contributed by atoms with E-state index in [1.165, 1.54) is 16.9 Å². The standard InChI is InChI=1S/C16H27N3O2S/c1-6-17-16(18-10-11(2)15(20)21-5)19-12(3)9-14-8-7-13(4)22-14/h7-8,11-12H,6,9-10H2,1-5H3,(H2,17,18,19). The molecular weight excluding hydrogens is 298 g/mol. The summed E-state index contributed by atoms with van der Waals surface area (Å²) in [5, 5.41) is 6.59. The molecule has 0 fully saturated rings. The van der Waals surface area contributed by atoms with Crippen LogP contribution in [0.5, 0.6) is 0 Å². The molecule has 0 bridgehead atoms. The predicted octanol–water partition coefficient (Wildman–Crippen LogP) is 2.35. The second-order valence-corrected chi connectivity index (χ2v) is 6.78. The van der Waals surface area contributed by atoms with E-state index in [9.17, 15) is 4.79 Å². The lowest BCUT2D eigenvalue weighted by molar-refractivity contribution is -0.144. The largest absolute Gasteiger partial charge is 0.469 e. The molecule has 0 aromatic carbocycles. The summed E-state index contributed by atoms with van der Waals surface area (Å²) in [6.07, 6.45) is 0.954. The van der Waals surface area contributed by atoms with Crippen molar-refractivity contribution in [2.45, 2.75) is 40.2 Å². The van der Waals surface area contributed by atoms with Crippen molar-refractivity contribution in [3.05, 3.63) is 21.9 Å². The third kappa shape index (κ3) is 6.47. The Labute approximate surface area is 137 Å². The number of ether oxygens (including phenoxy) is 1. The molecule has 1 aromatic rings. The van der Waals surface area contributed by atoms with Crippen LogP contribution in [-0.2, 0) is 16.0 Å². The summed E-state index contributed by atoms with van der Waals surface area (Å²) in [5.74, 6) is 0.261. The first-order valence-corrected chi connectivity index (χ1v) is 8.45. The number of esters is 1. The number of aryl methyl sites for hydroxylation is 1. The summed E-state index contributed by atoms with van der Waals surface area (Å²) in [6.45, 7) is 9.28. The molecule has 0 aliphatic heterocycles. The second kappa shape index (κ2) is 9.46. The molecule has 0 amide bonds. The van der Waals surface area contributed by atoms with Crippen molar-refractivity contribution in [3.8, 4) is 0 Å². The van der Waals surface area contributed by atoms with E-state index in [1.54, 1.807) is 0 Å². The van der Waals surface area contributed by atoms with Crippen LogP contribution in [0.1, 0.15) is 30.5 Å². The van der Waals surface area contributed by atoms with Gasteiger partial charge in [-0.15, -0.1) is 11.3 Å². The van der Waals surface area contributed by atoms with Crippen molar-refractivity contribution in [1.82, 2.24) is 10.6 Å². The zero-order chi connectivity index (χ0) is 16.5. The van der Waals surface area contributed by atoms with E-state index in [4.69, 9.17) is 4.74 Å². The summed E-state index contributed by atoms with van der Waals surface area (Å²) in [4.78, 5) is 18.6. The van der Waals surface area contributed by atoms with Gasteiger partial charge in [-0.2, -0.15) is 0 Å². The molecule has 1 aromatic heterocycles. The SMILES string of the molecule is CCNC(=NCC(C)C(=O)OC)NC(C)Cc1ccc(C)s1. The molecule has 5 nitrogen and oxygen atoms in total. The molecule has 0 radical (unpaired) electrons. The summed E-state index contributed by atoms with van der Waals surface area (Å²) in [6, 6.07) is 4.58. The molecule has 1 rings (SSSR count). The zero-order valence-electron chi connectivity index (χ0n) is 14.1. The maximum atomic E-state index is 11.4. The van der Waals surface area contributed by atoms with Crippen LogP contribution in [0.2, 0.25) is 0 Å². The zero-order valence-corrected chi connectivity index (χ0v) is 14.9. The van der Waals surface area contributed by atoms with Gasteiger partial charge in [0.25, 0.3) is 0 Å². The number of hydrogen-bond acceptors (Lipinski definition) is 4. The van der Waals surface area contributed by atoms with E-state index in [0.29, 0.717) is 6.54 Å². The third-order valence-corrected chi connectivity index (χ3v) is 4.18. The topological polar surface area (TPSA) is 62.7 Å². The Morgan fingerprint density at radius 1 is 1.41 bits per heavy atom. The third-order valence-electron chi connectivity index (χ3n) is 3.16. The molecule has 0 spiro atoms. The highest BCUT2D eigenvalue weighted by molar-refractivity contribution is 7.11. The minimum Gasteiger partial charge on any atom is -0.469 e. The molecular formula is C16H27N3O2S. The fraction of sp³-hybridized carbons (Fsp3) is 0.625. The van der Waals surface area contributed by atoms with Crippen LogP contribution in [-0.4, -0.2) is 38.2 Å². The van der Waals surface area contributed by atoms with Crippen LogP contribution >= 0.6 is 11.3 Å². The van der Waals surface area contributed by atoms with Crippen molar-refractivity contribution in [2.24, 2.45) is 10.9 Å². The highest BCUT2D eigenvalue weighted by Gasteiger charge is 2.13. The van der Waals surface area contributed by atoms with Crippen LogP contribution in [0, 0.1) is 12.8 Å². The van der Waals surface area contributed by atoms with Gasteiger partial charge < -0.3 is 15.4 Å². The first-order chi connectivity index (χ1) is 10.5. The van der Waals surface area contributed by atoms with E-state index in [2.05, 4.69) is 41.6 Å². The van der Waals surface area contributed by atoms with Crippen molar-refractivity contribution in [1.29, 1.82) is 0 Å². The minimum absolute atomic E-state index is 0.235. The van der Waals surface area contributed by atoms with Gasteiger partial charge in [0.1, 0.15) is 0 Å². The molecule has 6 heteroatoms. The highest BCUT2D eigenvalue weighted by Crippen LogP contribution is 2.16. The Morgan fingerprint density at radius 3 is 2.68 bits per heavy atom. The number of nitrogens with one attached hydrogen (secondary N) is 2. The number of methoxy groups -OCH3 is 1. The molecule has 2 atom stereocenters. The Morgan fingerprint density at radius 2 is 2.14 bits per heavy atom.